The molecule has 1 aromatic carbocycles. The maximum Gasteiger partial charge on any atom is 0.494 e. The number of benzene rings is 1. The Balaban J connectivity index is 1.63. The van der Waals surface area contributed by atoms with Gasteiger partial charge in [0.05, 0.1) is 17.1 Å². The molecule has 7 heteroatoms. The van der Waals surface area contributed by atoms with E-state index in [1.807, 2.05) is 52.0 Å². The summed E-state index contributed by atoms with van der Waals surface area (Å²) in [4.78, 5) is 2.09. The molecule has 0 aliphatic carbocycles. The molecule has 0 spiro atoms. The molecule has 0 aromatic heterocycles. The fourth-order valence-corrected chi connectivity index (χ4v) is 3.49. The number of hydrogen-bond acceptors (Lipinski definition) is 3. The van der Waals surface area contributed by atoms with Gasteiger partial charge in [0.2, 0.25) is 0 Å². The largest absolute Gasteiger partial charge is 0.494 e. The second kappa shape index (κ2) is 6.84. The third-order valence-corrected chi connectivity index (χ3v) is 5.93. The highest BCUT2D eigenvalue weighted by molar-refractivity contribution is 6.62. The lowest BCUT2D eigenvalue weighted by Gasteiger charge is -2.32. The van der Waals surface area contributed by atoms with Crippen molar-refractivity contribution in [2.45, 2.75) is 64.5 Å². The molecule has 144 valence electrons. The average Bonchev–Trinajstić information content (AvgIpc) is 2.75. The third kappa shape index (κ3) is 4.10. The Morgan fingerprint density at radius 2 is 1.65 bits per heavy atom. The van der Waals surface area contributed by atoms with E-state index in [2.05, 4.69) is 4.90 Å². The van der Waals surface area contributed by atoms with Gasteiger partial charge in [-0.25, -0.2) is 0 Å². The molecule has 2 aliphatic rings. The minimum Gasteiger partial charge on any atom is -0.399 e. The fourth-order valence-electron chi connectivity index (χ4n) is 3.49. The molecule has 0 N–H and O–H groups in total. The Morgan fingerprint density at radius 1 is 1.08 bits per heavy atom. The van der Waals surface area contributed by atoms with Crippen molar-refractivity contribution < 1.29 is 22.5 Å². The first-order valence-corrected chi connectivity index (χ1v) is 9.21. The Hall–Kier alpha value is -1.05. The Kier molecular flexibility index (Phi) is 5.19. The van der Waals surface area contributed by atoms with E-state index in [1.165, 1.54) is 0 Å². The van der Waals surface area contributed by atoms with E-state index in [0.717, 1.165) is 11.0 Å². The Bertz CT molecular complexity index is 624. The molecule has 2 saturated heterocycles. The van der Waals surface area contributed by atoms with Gasteiger partial charge in [0, 0.05) is 6.54 Å². The van der Waals surface area contributed by atoms with Crippen LogP contribution in [0.4, 0.5) is 13.2 Å². The smallest absolute Gasteiger partial charge is 0.399 e. The van der Waals surface area contributed by atoms with Crippen LogP contribution in [-0.4, -0.2) is 42.5 Å². The summed E-state index contributed by atoms with van der Waals surface area (Å²) in [5.41, 5.74) is 1.23. The van der Waals surface area contributed by atoms with Gasteiger partial charge in [-0.05, 0) is 64.7 Å². The highest BCUT2D eigenvalue weighted by Gasteiger charge is 2.51. The number of halogens is 3. The van der Waals surface area contributed by atoms with Gasteiger partial charge in [-0.15, -0.1) is 0 Å². The van der Waals surface area contributed by atoms with Gasteiger partial charge in [-0.1, -0.05) is 24.3 Å². The highest BCUT2D eigenvalue weighted by Crippen LogP contribution is 2.37. The van der Waals surface area contributed by atoms with Gasteiger partial charge in [0.1, 0.15) is 0 Å². The van der Waals surface area contributed by atoms with Crippen LogP contribution < -0.4 is 5.46 Å². The molecule has 26 heavy (non-hydrogen) atoms. The minimum absolute atomic E-state index is 0.181. The van der Waals surface area contributed by atoms with E-state index >= 15 is 0 Å². The summed E-state index contributed by atoms with van der Waals surface area (Å²) >= 11 is 0. The molecule has 2 heterocycles. The highest BCUT2D eigenvalue weighted by atomic mass is 19.4. The van der Waals surface area contributed by atoms with Gasteiger partial charge in [0.25, 0.3) is 0 Å². The molecule has 0 amide bonds. The topological polar surface area (TPSA) is 21.7 Å². The zero-order chi connectivity index (χ0) is 19.2. The van der Waals surface area contributed by atoms with Crippen LogP contribution in [0.15, 0.2) is 24.3 Å². The number of nitrogens with zero attached hydrogens (tertiary/aromatic N) is 1. The lowest BCUT2D eigenvalue weighted by molar-refractivity contribution is -0.185. The molecule has 2 aliphatic heterocycles. The van der Waals surface area contributed by atoms with Gasteiger partial charge in [0.15, 0.2) is 0 Å². The summed E-state index contributed by atoms with van der Waals surface area (Å²) in [5.74, 6) is -1.16. The van der Waals surface area contributed by atoms with E-state index in [-0.39, 0.29) is 12.8 Å². The Morgan fingerprint density at radius 3 is 2.19 bits per heavy atom. The second-order valence-corrected chi connectivity index (χ2v) is 8.43. The summed E-state index contributed by atoms with van der Waals surface area (Å²) < 4.78 is 50.6. The summed E-state index contributed by atoms with van der Waals surface area (Å²) in [6.45, 7) is 9.67. The van der Waals surface area contributed by atoms with Gasteiger partial charge < -0.3 is 9.31 Å². The van der Waals surface area contributed by atoms with E-state index in [1.54, 1.807) is 0 Å². The van der Waals surface area contributed by atoms with Crippen molar-refractivity contribution in [1.29, 1.82) is 0 Å². The molecule has 0 atom stereocenters. The normalized spacial score (nSPS) is 24.2. The zero-order valence-corrected chi connectivity index (χ0v) is 15.9. The van der Waals surface area contributed by atoms with Gasteiger partial charge in [-0.3, -0.25) is 4.90 Å². The predicted octanol–water partition coefficient (Wildman–Crippen LogP) is 3.76. The second-order valence-electron chi connectivity index (χ2n) is 8.43. The Labute approximate surface area is 154 Å². The molecule has 0 saturated carbocycles. The van der Waals surface area contributed by atoms with Crippen LogP contribution in [0.3, 0.4) is 0 Å². The van der Waals surface area contributed by atoms with Crippen LogP contribution in [0.2, 0.25) is 0 Å². The fraction of sp³-hybridized carbons (Fsp3) is 0.684. The van der Waals surface area contributed by atoms with Gasteiger partial charge >= 0.3 is 13.3 Å². The summed E-state index contributed by atoms with van der Waals surface area (Å²) in [6, 6.07) is 7.97. The lowest BCUT2D eigenvalue weighted by atomic mass is 9.78. The van der Waals surface area contributed by atoms with Crippen molar-refractivity contribution in [3.8, 4) is 0 Å². The van der Waals surface area contributed by atoms with Crippen LogP contribution >= 0.6 is 0 Å². The van der Waals surface area contributed by atoms with Crippen LogP contribution in [0.25, 0.3) is 0 Å². The van der Waals surface area contributed by atoms with Crippen LogP contribution in [0.1, 0.15) is 46.1 Å². The predicted molar refractivity (Wildman–Crippen MR) is 96.2 cm³/mol. The van der Waals surface area contributed by atoms with Crippen molar-refractivity contribution >= 4 is 12.6 Å². The maximum atomic E-state index is 12.8. The molecule has 0 unspecified atom stereocenters. The van der Waals surface area contributed by atoms with Crippen LogP contribution in [0.5, 0.6) is 0 Å². The first kappa shape index (κ1) is 19.7. The molecule has 3 rings (SSSR count). The monoisotopic (exact) mass is 369 g/mol. The molecule has 2 fully saturated rings. The van der Waals surface area contributed by atoms with E-state index in [4.69, 9.17) is 9.31 Å². The quantitative estimate of drug-likeness (QED) is 0.758. The van der Waals surface area contributed by atoms with E-state index < -0.39 is 30.4 Å². The van der Waals surface area contributed by atoms with Crippen LogP contribution in [-0.2, 0) is 15.9 Å². The lowest BCUT2D eigenvalue weighted by Crippen LogP contribution is -2.41. The summed E-state index contributed by atoms with van der Waals surface area (Å²) in [6.07, 6.45) is -3.70. The standard InChI is InChI=1S/C19H27BF3NO2/c1-17(2)18(3,4)26-20(25-17)16-7-5-6-14(12-16)13-24-10-8-15(9-11-24)19(21,22)23/h5-7,12,15H,8-11,13H2,1-4H3. The average molecular weight is 369 g/mol. The van der Waals surface area contributed by atoms with Crippen molar-refractivity contribution in [1.82, 2.24) is 4.90 Å². The van der Waals surface area contributed by atoms with E-state index in [0.29, 0.717) is 19.6 Å². The molecule has 1 aromatic rings. The number of piperidine rings is 1. The first-order valence-electron chi connectivity index (χ1n) is 9.21. The molecule has 0 bridgehead atoms. The molecular weight excluding hydrogens is 342 g/mol. The number of likely N-dealkylation sites (tertiary alicyclic amines) is 1. The van der Waals surface area contributed by atoms with Crippen molar-refractivity contribution in [3.05, 3.63) is 29.8 Å². The van der Waals surface area contributed by atoms with Gasteiger partial charge in [-0.2, -0.15) is 13.2 Å². The number of hydrogen-bond donors (Lipinski definition) is 0. The third-order valence-electron chi connectivity index (χ3n) is 5.93. The SMILES string of the molecule is CC1(C)OB(c2cccc(CN3CCC(C(F)(F)F)CC3)c2)OC1(C)C. The summed E-state index contributed by atoms with van der Waals surface area (Å²) in [5, 5.41) is 0. The van der Waals surface area contributed by atoms with Crippen molar-refractivity contribution in [2.75, 3.05) is 13.1 Å². The number of rotatable bonds is 3. The maximum absolute atomic E-state index is 12.8. The first-order chi connectivity index (χ1) is 12.0. The molecular formula is C19H27BF3NO2. The van der Waals surface area contributed by atoms with E-state index in [9.17, 15) is 13.2 Å². The number of alkyl halides is 3. The zero-order valence-electron chi connectivity index (χ0n) is 15.9. The van der Waals surface area contributed by atoms with Crippen molar-refractivity contribution in [3.63, 3.8) is 0 Å². The van der Waals surface area contributed by atoms with Crippen LogP contribution in [0, 0.1) is 5.92 Å². The minimum atomic E-state index is -4.07. The van der Waals surface area contributed by atoms with Crippen molar-refractivity contribution in [2.24, 2.45) is 5.92 Å². The molecule has 3 nitrogen and oxygen atoms in total. The summed E-state index contributed by atoms with van der Waals surface area (Å²) in [7, 11) is -0.420. The molecule has 0 radical (unpaired) electrons.